The number of carbonyl (C=O) groups is 1. The largest absolute Gasteiger partial charge is 0.493 e. The minimum absolute atomic E-state index is 0. The van der Waals surface area contributed by atoms with E-state index in [1.54, 1.807) is 12.1 Å². The summed E-state index contributed by atoms with van der Waals surface area (Å²) in [5.74, 6) is 0.118. The maximum atomic E-state index is 14.6. The minimum atomic E-state index is -0.897. The Bertz CT molecular complexity index is 857. The second-order valence-electron chi connectivity index (χ2n) is 6.80. The van der Waals surface area contributed by atoms with Crippen molar-refractivity contribution < 1.29 is 23.4 Å². The molecule has 1 amide bonds. The van der Waals surface area contributed by atoms with Crippen LogP contribution in [0.4, 0.5) is 10.1 Å². The Morgan fingerprint density at radius 1 is 1.07 bits per heavy atom. The Balaban J connectivity index is 0.00000300. The predicted molar refractivity (Wildman–Crippen MR) is 112 cm³/mol. The number of aryl methyl sites for hydroxylation is 1. The lowest BCUT2D eigenvalue weighted by Crippen LogP contribution is -2.51. The van der Waals surface area contributed by atoms with Crippen LogP contribution < -0.4 is 20.1 Å². The van der Waals surface area contributed by atoms with Crippen LogP contribution in [-0.2, 0) is 9.53 Å². The third kappa shape index (κ3) is 5.18. The van der Waals surface area contributed by atoms with E-state index in [2.05, 4.69) is 10.6 Å². The van der Waals surface area contributed by atoms with Crippen molar-refractivity contribution in [1.29, 1.82) is 0 Å². The average molecular weight is 425 g/mol. The molecule has 3 rings (SSSR count). The molecule has 2 aromatic rings. The fourth-order valence-electron chi connectivity index (χ4n) is 3.24. The zero-order valence-corrected chi connectivity index (χ0v) is 17.5. The normalized spacial score (nSPS) is 15.2. The number of halogens is 2. The van der Waals surface area contributed by atoms with Crippen molar-refractivity contribution in [3.05, 3.63) is 47.8 Å². The summed E-state index contributed by atoms with van der Waals surface area (Å²) in [7, 11) is 3.06. The fraction of sp³-hybridized carbons (Fsp3) is 0.381. The summed E-state index contributed by atoms with van der Waals surface area (Å²) in [5, 5.41) is 5.95. The van der Waals surface area contributed by atoms with Crippen molar-refractivity contribution in [2.24, 2.45) is 0 Å². The number of piperidine rings is 1. The van der Waals surface area contributed by atoms with Gasteiger partial charge in [-0.3, -0.25) is 4.79 Å². The van der Waals surface area contributed by atoms with E-state index in [1.165, 1.54) is 26.4 Å². The molecule has 1 aliphatic rings. The number of carbonyl (C=O) groups excluding carboxylic acids is 1. The monoisotopic (exact) mass is 424 g/mol. The van der Waals surface area contributed by atoms with Gasteiger partial charge in [0.1, 0.15) is 5.60 Å². The van der Waals surface area contributed by atoms with Crippen molar-refractivity contribution in [3.63, 3.8) is 0 Å². The van der Waals surface area contributed by atoms with Gasteiger partial charge in [0.25, 0.3) is 5.91 Å². The fourth-order valence-corrected chi connectivity index (χ4v) is 3.24. The first-order valence-corrected chi connectivity index (χ1v) is 9.17. The summed E-state index contributed by atoms with van der Waals surface area (Å²) in [4.78, 5) is 12.7. The van der Waals surface area contributed by atoms with Crippen LogP contribution in [0, 0.1) is 12.7 Å². The molecule has 0 unspecified atom stereocenters. The van der Waals surface area contributed by atoms with E-state index in [0.29, 0.717) is 43.1 Å². The molecule has 29 heavy (non-hydrogen) atoms. The number of nitrogens with one attached hydrogen (secondary N) is 2. The Kier molecular flexibility index (Phi) is 7.84. The van der Waals surface area contributed by atoms with Gasteiger partial charge in [-0.15, -0.1) is 12.4 Å². The van der Waals surface area contributed by atoms with E-state index < -0.39 is 11.4 Å². The highest BCUT2D eigenvalue weighted by Crippen LogP contribution is 2.34. The van der Waals surface area contributed by atoms with Gasteiger partial charge in [-0.25, -0.2) is 4.39 Å². The Labute approximate surface area is 176 Å². The van der Waals surface area contributed by atoms with Crippen LogP contribution in [-0.4, -0.2) is 38.8 Å². The predicted octanol–water partition coefficient (Wildman–Crippen LogP) is 4.06. The molecule has 0 atom stereocenters. The minimum Gasteiger partial charge on any atom is -0.493 e. The molecule has 0 aromatic heterocycles. The van der Waals surface area contributed by atoms with Gasteiger partial charge in [0, 0.05) is 18.9 Å². The van der Waals surface area contributed by atoms with Crippen LogP contribution in [0.5, 0.6) is 17.2 Å². The molecule has 0 saturated carbocycles. The smallest absolute Gasteiger partial charge is 0.256 e. The van der Waals surface area contributed by atoms with E-state index in [9.17, 15) is 9.18 Å². The molecule has 8 heteroatoms. The molecule has 158 valence electrons. The topological polar surface area (TPSA) is 68.8 Å². The highest BCUT2D eigenvalue weighted by Gasteiger charge is 2.39. The molecule has 1 saturated heterocycles. The van der Waals surface area contributed by atoms with Gasteiger partial charge in [-0.1, -0.05) is 6.07 Å². The second kappa shape index (κ2) is 9.91. The molecule has 2 aromatic carbocycles. The first-order chi connectivity index (χ1) is 13.5. The third-order valence-corrected chi connectivity index (χ3v) is 4.94. The molecule has 1 aliphatic heterocycles. The van der Waals surface area contributed by atoms with Crippen LogP contribution in [0.3, 0.4) is 0 Å². The van der Waals surface area contributed by atoms with Crippen molar-refractivity contribution in [2.75, 3.05) is 32.6 Å². The maximum absolute atomic E-state index is 14.6. The van der Waals surface area contributed by atoms with E-state index in [0.717, 1.165) is 5.56 Å². The number of hydrogen-bond acceptors (Lipinski definition) is 5. The Morgan fingerprint density at radius 2 is 1.76 bits per heavy atom. The van der Waals surface area contributed by atoms with E-state index in [-0.39, 0.29) is 24.1 Å². The van der Waals surface area contributed by atoms with Crippen LogP contribution in [0.1, 0.15) is 18.4 Å². The summed E-state index contributed by atoms with van der Waals surface area (Å²) in [6.07, 6.45) is 1.12. The quantitative estimate of drug-likeness (QED) is 0.731. The molecule has 1 heterocycles. The molecule has 6 nitrogen and oxygen atoms in total. The van der Waals surface area contributed by atoms with Crippen molar-refractivity contribution in [1.82, 2.24) is 5.32 Å². The van der Waals surface area contributed by atoms with Gasteiger partial charge in [-0.2, -0.15) is 0 Å². The lowest BCUT2D eigenvalue weighted by Gasteiger charge is -2.34. The summed E-state index contributed by atoms with van der Waals surface area (Å²) in [6, 6.07) is 9.70. The summed E-state index contributed by atoms with van der Waals surface area (Å²) in [5.41, 5.74) is 0.458. The zero-order chi connectivity index (χ0) is 20.1. The average Bonchev–Trinajstić information content (AvgIpc) is 2.71. The van der Waals surface area contributed by atoms with Gasteiger partial charge >= 0.3 is 0 Å². The first-order valence-electron chi connectivity index (χ1n) is 9.17. The van der Waals surface area contributed by atoms with E-state index in [1.807, 2.05) is 19.1 Å². The molecular weight excluding hydrogens is 399 g/mol. The van der Waals surface area contributed by atoms with Crippen LogP contribution in [0.25, 0.3) is 0 Å². The highest BCUT2D eigenvalue weighted by atomic mass is 35.5. The number of ether oxygens (including phenoxy) is 3. The SMILES string of the molecule is COc1cc(C)ccc1Oc1ccc(NC(=O)C2(OC)CCNCC2)cc1F.Cl. The standard InChI is InChI=1S/C21H25FN2O4.ClH/c1-14-4-6-18(19(12-14)26-2)28-17-7-5-15(13-16(17)22)24-20(25)21(27-3)8-10-23-11-9-21;/h4-7,12-13,23H,8-11H2,1-3H3,(H,24,25);1H. The molecular formula is C21H26ClFN2O4. The Hall–Kier alpha value is -2.35. The van der Waals surface area contributed by atoms with Crippen molar-refractivity contribution in [3.8, 4) is 17.2 Å². The number of anilines is 1. The van der Waals surface area contributed by atoms with Crippen LogP contribution in [0.2, 0.25) is 0 Å². The van der Waals surface area contributed by atoms with Gasteiger partial charge in [0.2, 0.25) is 0 Å². The summed E-state index contributed by atoms with van der Waals surface area (Å²) in [6.45, 7) is 3.32. The molecule has 2 N–H and O–H groups in total. The number of amides is 1. The maximum Gasteiger partial charge on any atom is 0.256 e. The van der Waals surface area contributed by atoms with Gasteiger partial charge in [0.15, 0.2) is 23.1 Å². The number of methoxy groups -OCH3 is 2. The second-order valence-corrected chi connectivity index (χ2v) is 6.80. The van der Waals surface area contributed by atoms with Gasteiger partial charge in [-0.05, 0) is 62.7 Å². The molecule has 0 spiro atoms. The zero-order valence-electron chi connectivity index (χ0n) is 16.7. The lowest BCUT2D eigenvalue weighted by molar-refractivity contribution is -0.140. The van der Waals surface area contributed by atoms with E-state index >= 15 is 0 Å². The molecule has 1 fully saturated rings. The summed E-state index contributed by atoms with van der Waals surface area (Å²) < 4.78 is 31.0. The Morgan fingerprint density at radius 3 is 2.38 bits per heavy atom. The van der Waals surface area contributed by atoms with Crippen molar-refractivity contribution >= 4 is 24.0 Å². The van der Waals surface area contributed by atoms with Crippen LogP contribution >= 0.6 is 12.4 Å². The lowest BCUT2D eigenvalue weighted by atomic mass is 9.91. The van der Waals surface area contributed by atoms with E-state index in [4.69, 9.17) is 14.2 Å². The third-order valence-electron chi connectivity index (χ3n) is 4.94. The highest BCUT2D eigenvalue weighted by molar-refractivity contribution is 5.97. The van der Waals surface area contributed by atoms with Crippen molar-refractivity contribution in [2.45, 2.75) is 25.4 Å². The number of rotatable bonds is 6. The number of benzene rings is 2. The molecule has 0 aliphatic carbocycles. The first kappa shape index (κ1) is 22.9. The summed E-state index contributed by atoms with van der Waals surface area (Å²) >= 11 is 0. The molecule has 0 radical (unpaired) electrons. The van der Waals surface area contributed by atoms with Crippen LogP contribution in [0.15, 0.2) is 36.4 Å². The molecule has 0 bridgehead atoms. The number of hydrogen-bond donors (Lipinski definition) is 2. The van der Waals surface area contributed by atoms with Gasteiger partial charge in [0.05, 0.1) is 7.11 Å². The van der Waals surface area contributed by atoms with Gasteiger partial charge < -0.3 is 24.8 Å².